The number of piperidine rings is 1. The molecule has 0 spiro atoms. The molecule has 11 nitrogen and oxygen atoms in total. The SMILES string of the molecule is Cc1cc(C[C@@H](N)C(=O)N[C@@H](CC2CCN(CCN(C)C)CC2)C(=O)N2CCN(c3ccncc3)CC2)cc2cn[nH]c12. The number of amides is 2. The van der Waals surface area contributed by atoms with Crippen LogP contribution in [0.5, 0.6) is 0 Å². The monoisotopic (exact) mass is 589 g/mol. The van der Waals surface area contributed by atoms with Gasteiger partial charge in [-0.15, -0.1) is 0 Å². The number of carbonyl (C=O) groups excluding carboxylic acids is 2. The molecule has 2 fully saturated rings. The molecule has 0 unspecified atom stereocenters. The van der Waals surface area contributed by atoms with Crippen molar-refractivity contribution in [3.05, 3.63) is 54.0 Å². The Bertz CT molecular complexity index is 1350. The molecule has 0 bridgehead atoms. The molecule has 2 aromatic heterocycles. The number of fused-ring (bicyclic) bond motifs is 1. The van der Waals surface area contributed by atoms with Crippen molar-refractivity contribution < 1.29 is 9.59 Å². The Labute approximate surface area is 254 Å². The van der Waals surface area contributed by atoms with Gasteiger partial charge in [-0.3, -0.25) is 19.7 Å². The number of aromatic nitrogens is 3. The second-order valence-electron chi connectivity index (χ2n) is 12.5. The lowest BCUT2D eigenvalue weighted by molar-refractivity contribution is -0.137. The van der Waals surface area contributed by atoms with Gasteiger partial charge in [-0.25, -0.2) is 0 Å². The van der Waals surface area contributed by atoms with E-state index in [2.05, 4.69) is 49.3 Å². The number of likely N-dealkylation sites (N-methyl/N-ethyl adjacent to an activating group) is 1. The van der Waals surface area contributed by atoms with Crippen LogP contribution in [-0.4, -0.2) is 120 Å². The van der Waals surface area contributed by atoms with Crippen molar-refractivity contribution in [3.63, 3.8) is 0 Å². The van der Waals surface area contributed by atoms with Crippen molar-refractivity contribution >= 4 is 28.4 Å². The van der Waals surface area contributed by atoms with Crippen molar-refractivity contribution in [2.45, 2.75) is 44.7 Å². The maximum Gasteiger partial charge on any atom is 0.245 e. The predicted molar refractivity (Wildman–Crippen MR) is 170 cm³/mol. The molecule has 4 N–H and O–H groups in total. The van der Waals surface area contributed by atoms with Gasteiger partial charge in [0.25, 0.3) is 0 Å². The van der Waals surface area contributed by atoms with Gasteiger partial charge in [0.15, 0.2) is 0 Å². The molecule has 0 radical (unpaired) electrons. The van der Waals surface area contributed by atoms with E-state index in [1.165, 1.54) is 0 Å². The number of hydrogen-bond acceptors (Lipinski definition) is 8. The number of nitrogens with zero attached hydrogens (tertiary/aromatic N) is 6. The smallest absolute Gasteiger partial charge is 0.245 e. The summed E-state index contributed by atoms with van der Waals surface area (Å²) in [7, 11) is 4.20. The number of nitrogens with one attached hydrogen (secondary N) is 2. The van der Waals surface area contributed by atoms with Crippen LogP contribution in [0.1, 0.15) is 30.4 Å². The van der Waals surface area contributed by atoms with Crippen LogP contribution in [0.15, 0.2) is 42.9 Å². The summed E-state index contributed by atoms with van der Waals surface area (Å²) in [5, 5.41) is 11.2. The lowest BCUT2D eigenvalue weighted by Crippen LogP contribution is -2.57. The summed E-state index contributed by atoms with van der Waals surface area (Å²) in [5.74, 6) is 0.105. The predicted octanol–water partition coefficient (Wildman–Crippen LogP) is 1.63. The minimum atomic E-state index is -0.754. The number of H-pyrrole nitrogens is 1. The van der Waals surface area contributed by atoms with Gasteiger partial charge in [-0.1, -0.05) is 6.07 Å². The molecule has 232 valence electrons. The van der Waals surface area contributed by atoms with Crippen LogP contribution in [0.3, 0.4) is 0 Å². The second-order valence-corrected chi connectivity index (χ2v) is 12.5. The van der Waals surface area contributed by atoms with Gasteiger partial charge in [0, 0.05) is 62.7 Å². The van der Waals surface area contributed by atoms with E-state index in [1.54, 1.807) is 18.6 Å². The van der Waals surface area contributed by atoms with Crippen molar-refractivity contribution in [2.75, 3.05) is 71.4 Å². The van der Waals surface area contributed by atoms with E-state index in [-0.39, 0.29) is 11.8 Å². The Hall–Kier alpha value is -3.54. The van der Waals surface area contributed by atoms with Crippen molar-refractivity contribution in [3.8, 4) is 0 Å². The van der Waals surface area contributed by atoms with Crippen LogP contribution >= 0.6 is 0 Å². The summed E-state index contributed by atoms with van der Waals surface area (Å²) in [6, 6.07) is 6.73. The highest BCUT2D eigenvalue weighted by molar-refractivity contribution is 5.90. The van der Waals surface area contributed by atoms with Crippen molar-refractivity contribution in [2.24, 2.45) is 11.7 Å². The molecule has 3 aromatic rings. The number of nitrogens with two attached hydrogens (primary N) is 1. The van der Waals surface area contributed by atoms with Gasteiger partial charge < -0.3 is 30.7 Å². The number of piperazine rings is 1. The largest absolute Gasteiger partial charge is 0.368 e. The molecule has 2 saturated heterocycles. The molecular formula is C32H47N9O2. The summed E-state index contributed by atoms with van der Waals surface area (Å²) < 4.78 is 0. The van der Waals surface area contributed by atoms with E-state index in [0.717, 1.165) is 79.8 Å². The van der Waals surface area contributed by atoms with Crippen LogP contribution in [0.4, 0.5) is 5.69 Å². The Morgan fingerprint density at radius 3 is 2.51 bits per heavy atom. The Balaban J connectivity index is 1.22. The molecule has 43 heavy (non-hydrogen) atoms. The summed E-state index contributed by atoms with van der Waals surface area (Å²) in [5.41, 5.74) is 10.6. The van der Waals surface area contributed by atoms with Gasteiger partial charge in [0.05, 0.1) is 17.8 Å². The Morgan fingerprint density at radius 1 is 1.09 bits per heavy atom. The summed E-state index contributed by atoms with van der Waals surface area (Å²) in [6.45, 7) is 8.88. The zero-order valence-corrected chi connectivity index (χ0v) is 25.8. The van der Waals surface area contributed by atoms with E-state index >= 15 is 0 Å². The number of rotatable bonds is 11. The van der Waals surface area contributed by atoms with Gasteiger partial charge >= 0.3 is 0 Å². The van der Waals surface area contributed by atoms with Crippen LogP contribution in [-0.2, 0) is 16.0 Å². The number of carbonyl (C=O) groups is 2. The number of hydrogen-bond donors (Lipinski definition) is 3. The first kappa shape index (κ1) is 30.9. The number of likely N-dealkylation sites (tertiary alicyclic amines) is 1. The van der Waals surface area contributed by atoms with Crippen LogP contribution in [0.2, 0.25) is 0 Å². The lowest BCUT2D eigenvalue weighted by atomic mass is 9.89. The Morgan fingerprint density at radius 2 is 1.81 bits per heavy atom. The minimum Gasteiger partial charge on any atom is -0.368 e. The molecule has 2 aliphatic heterocycles. The molecule has 1 aromatic carbocycles. The molecule has 2 aliphatic rings. The van der Waals surface area contributed by atoms with E-state index in [0.29, 0.717) is 31.8 Å². The second kappa shape index (κ2) is 14.3. The normalized spacial score (nSPS) is 18.3. The van der Waals surface area contributed by atoms with E-state index in [9.17, 15) is 9.59 Å². The van der Waals surface area contributed by atoms with E-state index < -0.39 is 12.1 Å². The maximum absolute atomic E-state index is 14.0. The fourth-order valence-corrected chi connectivity index (χ4v) is 6.36. The third-order valence-electron chi connectivity index (χ3n) is 8.97. The fraction of sp³-hybridized carbons (Fsp3) is 0.562. The topological polar surface area (TPSA) is 127 Å². The fourth-order valence-electron chi connectivity index (χ4n) is 6.36. The first-order valence-corrected chi connectivity index (χ1v) is 15.6. The average Bonchev–Trinajstić information content (AvgIpc) is 3.50. The first-order chi connectivity index (χ1) is 20.8. The zero-order chi connectivity index (χ0) is 30.3. The van der Waals surface area contributed by atoms with Crippen molar-refractivity contribution in [1.82, 2.24) is 35.2 Å². The molecule has 2 atom stereocenters. The van der Waals surface area contributed by atoms with Crippen molar-refractivity contribution in [1.29, 1.82) is 0 Å². The highest BCUT2D eigenvalue weighted by atomic mass is 16.2. The van der Waals surface area contributed by atoms with Gasteiger partial charge in [0.2, 0.25) is 11.8 Å². The van der Waals surface area contributed by atoms with E-state index in [4.69, 9.17) is 5.73 Å². The zero-order valence-electron chi connectivity index (χ0n) is 25.8. The first-order valence-electron chi connectivity index (χ1n) is 15.6. The summed E-state index contributed by atoms with van der Waals surface area (Å²) in [4.78, 5) is 40.4. The third kappa shape index (κ3) is 8.10. The molecular weight excluding hydrogens is 542 g/mol. The summed E-state index contributed by atoms with van der Waals surface area (Å²) in [6.07, 6.45) is 8.46. The molecule has 11 heteroatoms. The van der Waals surface area contributed by atoms with Crippen LogP contribution in [0, 0.1) is 12.8 Å². The third-order valence-corrected chi connectivity index (χ3v) is 8.97. The standard InChI is InChI=1S/C32H47N9O2/c1-23-18-25(19-26-22-35-37-30(23)26)20-28(33)31(42)36-29(21-24-6-10-39(11-7-24)13-12-38(2)3)32(43)41-16-14-40(15-17-41)27-4-8-34-9-5-27/h4-5,8-9,18-19,22,24,28-29H,6-7,10-17,20-21,33H2,1-3H3,(H,35,37)(H,36,42)/t28-,29+/m1/s1. The van der Waals surface area contributed by atoms with Gasteiger partial charge in [0.1, 0.15) is 6.04 Å². The van der Waals surface area contributed by atoms with Gasteiger partial charge in [-0.05, 0) is 95.0 Å². The van der Waals surface area contributed by atoms with E-state index in [1.807, 2.05) is 36.1 Å². The quantitative estimate of drug-likeness (QED) is 0.308. The number of pyridine rings is 1. The summed E-state index contributed by atoms with van der Waals surface area (Å²) >= 11 is 0. The highest BCUT2D eigenvalue weighted by Crippen LogP contribution is 2.24. The maximum atomic E-state index is 14.0. The average molecular weight is 590 g/mol. The van der Waals surface area contributed by atoms with Crippen LogP contribution < -0.4 is 16.0 Å². The molecule has 0 saturated carbocycles. The molecule has 2 amide bonds. The van der Waals surface area contributed by atoms with Gasteiger partial charge in [-0.2, -0.15) is 5.10 Å². The molecule has 5 rings (SSSR count). The molecule has 0 aliphatic carbocycles. The van der Waals surface area contributed by atoms with Crippen LogP contribution in [0.25, 0.3) is 10.9 Å². The molecule has 4 heterocycles. The minimum absolute atomic E-state index is 0.000580. The number of aryl methyl sites for hydroxylation is 1. The number of benzene rings is 1. The Kier molecular flexibility index (Phi) is 10.3. The number of aromatic amines is 1. The highest BCUT2D eigenvalue weighted by Gasteiger charge is 2.33. The number of anilines is 1. The lowest BCUT2D eigenvalue weighted by Gasteiger charge is -2.39.